The van der Waals surface area contributed by atoms with Crippen molar-refractivity contribution in [2.24, 2.45) is 0 Å². The molecular formula is C23H32N2O. The molecule has 3 heteroatoms. The van der Waals surface area contributed by atoms with Crippen LogP contribution in [0.3, 0.4) is 0 Å². The Labute approximate surface area is 157 Å². The van der Waals surface area contributed by atoms with Crippen LogP contribution >= 0.6 is 0 Å². The summed E-state index contributed by atoms with van der Waals surface area (Å²) in [5.74, 6) is 0. The summed E-state index contributed by atoms with van der Waals surface area (Å²) < 4.78 is 2.42. The minimum atomic E-state index is -0.487. The number of aromatic nitrogens is 1. The maximum Gasteiger partial charge on any atom is 0.0685 e. The fourth-order valence-corrected chi connectivity index (χ4v) is 4.96. The maximum atomic E-state index is 10.9. The van der Waals surface area contributed by atoms with Crippen LogP contribution in [0.5, 0.6) is 0 Å². The highest BCUT2D eigenvalue weighted by molar-refractivity contribution is 5.88. The van der Waals surface area contributed by atoms with Gasteiger partial charge in [0, 0.05) is 36.8 Å². The van der Waals surface area contributed by atoms with Crippen LogP contribution in [-0.2, 0) is 13.0 Å². The minimum Gasteiger partial charge on any atom is -0.390 e. The van der Waals surface area contributed by atoms with Crippen LogP contribution < -0.4 is 0 Å². The molecule has 0 saturated heterocycles. The Morgan fingerprint density at radius 3 is 2.77 bits per heavy atom. The monoisotopic (exact) mass is 352 g/mol. The van der Waals surface area contributed by atoms with Crippen molar-refractivity contribution in [3.8, 4) is 0 Å². The summed E-state index contributed by atoms with van der Waals surface area (Å²) in [6.45, 7) is 6.50. The van der Waals surface area contributed by atoms with E-state index in [-0.39, 0.29) is 0 Å². The number of hydrogen-bond donors (Lipinski definition) is 1. The Hall–Kier alpha value is -1.58. The van der Waals surface area contributed by atoms with Gasteiger partial charge in [0.25, 0.3) is 0 Å². The van der Waals surface area contributed by atoms with E-state index in [1.165, 1.54) is 39.7 Å². The molecule has 1 aliphatic heterocycles. The van der Waals surface area contributed by atoms with Crippen molar-refractivity contribution < 1.29 is 5.11 Å². The molecule has 0 amide bonds. The summed E-state index contributed by atoms with van der Waals surface area (Å²) in [6.07, 6.45) is 9.69. The summed E-state index contributed by atoms with van der Waals surface area (Å²) in [6, 6.07) is 6.82. The molecule has 0 bridgehead atoms. The van der Waals surface area contributed by atoms with Gasteiger partial charge in [-0.15, -0.1) is 0 Å². The van der Waals surface area contributed by atoms with Gasteiger partial charge in [-0.05, 0) is 57.9 Å². The second kappa shape index (κ2) is 6.86. The highest BCUT2D eigenvalue weighted by Gasteiger charge is 2.29. The Morgan fingerprint density at radius 1 is 1.23 bits per heavy atom. The van der Waals surface area contributed by atoms with Gasteiger partial charge < -0.3 is 14.6 Å². The first-order valence-corrected chi connectivity index (χ1v) is 10.2. The average molecular weight is 353 g/mol. The molecule has 0 spiro atoms. The van der Waals surface area contributed by atoms with Crippen molar-refractivity contribution in [2.75, 3.05) is 13.6 Å². The molecule has 1 fully saturated rings. The molecule has 0 atom stereocenters. The fourth-order valence-electron chi connectivity index (χ4n) is 4.96. The van der Waals surface area contributed by atoms with Gasteiger partial charge in [0.2, 0.25) is 0 Å². The third-order valence-electron chi connectivity index (χ3n) is 6.28. The highest BCUT2D eigenvalue weighted by Crippen LogP contribution is 2.35. The zero-order chi connectivity index (χ0) is 18.3. The van der Waals surface area contributed by atoms with Crippen LogP contribution in [-0.4, -0.2) is 33.8 Å². The molecule has 140 valence electrons. The zero-order valence-electron chi connectivity index (χ0n) is 16.5. The SMILES string of the molecule is CC(=Cn1c2c(c3cc(C)ccc31)CN(C)CC2)CC1(O)CCCCC1. The van der Waals surface area contributed by atoms with Crippen molar-refractivity contribution in [1.29, 1.82) is 0 Å². The zero-order valence-corrected chi connectivity index (χ0v) is 16.5. The van der Waals surface area contributed by atoms with Crippen molar-refractivity contribution in [3.63, 3.8) is 0 Å². The molecule has 3 nitrogen and oxygen atoms in total. The average Bonchev–Trinajstić information content (AvgIpc) is 2.87. The molecule has 2 aromatic rings. The Kier molecular flexibility index (Phi) is 4.70. The van der Waals surface area contributed by atoms with E-state index in [0.717, 1.165) is 51.6 Å². The van der Waals surface area contributed by atoms with E-state index < -0.39 is 5.60 Å². The Bertz CT molecular complexity index is 840. The largest absolute Gasteiger partial charge is 0.390 e. The van der Waals surface area contributed by atoms with Gasteiger partial charge in [0.15, 0.2) is 0 Å². The number of likely N-dealkylation sites (N-methyl/N-ethyl adjacent to an activating group) is 1. The summed E-state index contributed by atoms with van der Waals surface area (Å²) in [5, 5.41) is 12.3. The number of aliphatic hydroxyl groups is 1. The molecule has 0 unspecified atom stereocenters. The summed E-state index contributed by atoms with van der Waals surface area (Å²) in [5.41, 5.74) is 6.37. The van der Waals surface area contributed by atoms with Crippen LogP contribution in [0.15, 0.2) is 23.8 Å². The number of fused-ring (bicyclic) bond motifs is 3. The first-order valence-electron chi connectivity index (χ1n) is 10.2. The number of benzene rings is 1. The van der Waals surface area contributed by atoms with Crippen LogP contribution in [0.25, 0.3) is 17.1 Å². The lowest BCUT2D eigenvalue weighted by Crippen LogP contribution is -2.31. The number of nitrogens with zero attached hydrogens (tertiary/aromatic N) is 2. The Morgan fingerprint density at radius 2 is 2.00 bits per heavy atom. The van der Waals surface area contributed by atoms with Gasteiger partial charge >= 0.3 is 0 Å². The van der Waals surface area contributed by atoms with E-state index in [2.05, 4.69) is 54.8 Å². The van der Waals surface area contributed by atoms with Gasteiger partial charge in [0.1, 0.15) is 0 Å². The summed E-state index contributed by atoms with van der Waals surface area (Å²) in [7, 11) is 2.21. The third-order valence-corrected chi connectivity index (χ3v) is 6.28. The lowest BCUT2D eigenvalue weighted by atomic mass is 9.81. The smallest absolute Gasteiger partial charge is 0.0685 e. The van der Waals surface area contributed by atoms with Gasteiger partial charge in [-0.1, -0.05) is 36.5 Å². The minimum absolute atomic E-state index is 0.487. The topological polar surface area (TPSA) is 28.4 Å². The molecule has 4 rings (SSSR count). The lowest BCUT2D eigenvalue weighted by Gasteiger charge is -2.32. The molecule has 2 heterocycles. The molecule has 0 radical (unpaired) electrons. The predicted octanol–water partition coefficient (Wildman–Crippen LogP) is 4.88. The Balaban J connectivity index is 1.74. The van der Waals surface area contributed by atoms with E-state index in [1.807, 2.05) is 0 Å². The van der Waals surface area contributed by atoms with Crippen molar-refractivity contribution in [1.82, 2.24) is 9.47 Å². The molecule has 1 N–H and O–H groups in total. The van der Waals surface area contributed by atoms with Gasteiger partial charge in [-0.2, -0.15) is 0 Å². The van der Waals surface area contributed by atoms with Crippen molar-refractivity contribution in [2.45, 2.75) is 70.9 Å². The van der Waals surface area contributed by atoms with Crippen LogP contribution in [0.2, 0.25) is 0 Å². The normalized spacial score (nSPS) is 21.2. The molecule has 26 heavy (non-hydrogen) atoms. The van der Waals surface area contributed by atoms with Gasteiger partial charge in [-0.25, -0.2) is 0 Å². The van der Waals surface area contributed by atoms with E-state index >= 15 is 0 Å². The molecule has 2 aliphatic rings. The number of rotatable bonds is 3. The number of hydrogen-bond acceptors (Lipinski definition) is 2. The third kappa shape index (κ3) is 3.35. The molecule has 1 aromatic heterocycles. The quantitative estimate of drug-likeness (QED) is 0.852. The molecular weight excluding hydrogens is 320 g/mol. The predicted molar refractivity (Wildman–Crippen MR) is 109 cm³/mol. The van der Waals surface area contributed by atoms with Gasteiger partial charge in [-0.3, -0.25) is 0 Å². The first-order chi connectivity index (χ1) is 12.5. The summed E-state index contributed by atoms with van der Waals surface area (Å²) in [4.78, 5) is 2.41. The van der Waals surface area contributed by atoms with Crippen LogP contribution in [0.4, 0.5) is 0 Å². The maximum absolute atomic E-state index is 10.9. The first kappa shape index (κ1) is 17.8. The standard InChI is InChI=1S/C23H32N2O/c1-17-7-8-21-19(13-17)20-16-24(3)12-9-22(20)25(21)15-18(2)14-23(26)10-5-4-6-11-23/h7-8,13,15,26H,4-6,9-12,14,16H2,1-3H3. The molecule has 1 aromatic carbocycles. The van der Waals surface area contributed by atoms with E-state index in [4.69, 9.17) is 0 Å². The van der Waals surface area contributed by atoms with E-state index in [0.29, 0.717) is 0 Å². The molecule has 1 aliphatic carbocycles. The van der Waals surface area contributed by atoms with Crippen LogP contribution in [0.1, 0.15) is 62.3 Å². The highest BCUT2D eigenvalue weighted by atomic mass is 16.3. The van der Waals surface area contributed by atoms with Gasteiger partial charge in [0.05, 0.1) is 11.1 Å². The summed E-state index contributed by atoms with van der Waals surface area (Å²) >= 11 is 0. The van der Waals surface area contributed by atoms with E-state index in [9.17, 15) is 5.11 Å². The number of aryl methyl sites for hydroxylation is 1. The second-order valence-electron chi connectivity index (χ2n) is 8.74. The molecule has 1 saturated carbocycles. The van der Waals surface area contributed by atoms with E-state index in [1.54, 1.807) is 0 Å². The van der Waals surface area contributed by atoms with Crippen molar-refractivity contribution >= 4 is 17.1 Å². The fraction of sp³-hybridized carbons (Fsp3) is 0.565. The van der Waals surface area contributed by atoms with Crippen molar-refractivity contribution in [3.05, 3.63) is 40.6 Å². The lowest BCUT2D eigenvalue weighted by molar-refractivity contribution is 0.00473. The van der Waals surface area contributed by atoms with Crippen LogP contribution in [0, 0.1) is 6.92 Å². The second-order valence-corrected chi connectivity index (χ2v) is 8.74.